The molecule has 23 heavy (non-hydrogen) atoms. The maximum atomic E-state index is 12.1. The van der Waals surface area contributed by atoms with Crippen molar-refractivity contribution in [3.05, 3.63) is 33.7 Å². The second-order valence-electron chi connectivity index (χ2n) is 6.10. The lowest BCUT2D eigenvalue weighted by molar-refractivity contribution is 0.121. The molecule has 0 spiro atoms. The fourth-order valence-electron chi connectivity index (χ4n) is 3.46. The SMILES string of the molecule is O=C1NCCN1[C@H]1CCCN(Cc2cc(=O)n3ccsc3n2)C1. The largest absolute Gasteiger partial charge is 0.336 e. The van der Waals surface area contributed by atoms with Crippen LogP contribution in [0, 0.1) is 0 Å². The average Bonchev–Trinajstić information content (AvgIpc) is 3.16. The molecule has 2 amide bonds. The van der Waals surface area contributed by atoms with Gasteiger partial charge in [-0.1, -0.05) is 0 Å². The average molecular weight is 333 g/mol. The molecular weight excluding hydrogens is 314 g/mol. The summed E-state index contributed by atoms with van der Waals surface area (Å²) in [5, 5.41) is 4.74. The monoisotopic (exact) mass is 333 g/mol. The normalized spacial score (nSPS) is 22.7. The number of aromatic nitrogens is 2. The molecular formula is C15H19N5O2S. The number of amides is 2. The smallest absolute Gasteiger partial charge is 0.317 e. The van der Waals surface area contributed by atoms with E-state index >= 15 is 0 Å². The zero-order valence-corrected chi connectivity index (χ0v) is 13.6. The van der Waals surface area contributed by atoms with Gasteiger partial charge in [0.15, 0.2) is 4.96 Å². The molecule has 2 aliphatic rings. The van der Waals surface area contributed by atoms with Crippen molar-refractivity contribution < 1.29 is 4.79 Å². The first-order valence-electron chi connectivity index (χ1n) is 7.93. The Labute approximate surface area is 137 Å². The highest BCUT2D eigenvalue weighted by atomic mass is 32.1. The second-order valence-corrected chi connectivity index (χ2v) is 6.97. The van der Waals surface area contributed by atoms with Crippen LogP contribution in [0.4, 0.5) is 4.79 Å². The first kappa shape index (κ1) is 14.6. The Hall–Kier alpha value is -1.93. The number of fused-ring (bicyclic) bond motifs is 1. The van der Waals surface area contributed by atoms with Crippen molar-refractivity contribution in [2.75, 3.05) is 26.2 Å². The zero-order valence-electron chi connectivity index (χ0n) is 12.8. The minimum Gasteiger partial charge on any atom is -0.336 e. The summed E-state index contributed by atoms with van der Waals surface area (Å²) in [5.41, 5.74) is 0.780. The Balaban J connectivity index is 1.49. The highest BCUT2D eigenvalue weighted by Gasteiger charge is 2.31. The van der Waals surface area contributed by atoms with Gasteiger partial charge in [-0.2, -0.15) is 0 Å². The van der Waals surface area contributed by atoms with Crippen molar-refractivity contribution in [1.29, 1.82) is 0 Å². The number of carbonyl (C=O) groups excluding carboxylic acids is 1. The molecule has 8 heteroatoms. The van der Waals surface area contributed by atoms with Crippen LogP contribution in [0.15, 0.2) is 22.4 Å². The molecule has 0 unspecified atom stereocenters. The van der Waals surface area contributed by atoms with Gasteiger partial charge in [0.1, 0.15) is 0 Å². The van der Waals surface area contributed by atoms with E-state index in [-0.39, 0.29) is 17.6 Å². The molecule has 0 bridgehead atoms. The van der Waals surface area contributed by atoms with Crippen LogP contribution >= 0.6 is 11.3 Å². The Morgan fingerprint density at radius 3 is 3.09 bits per heavy atom. The van der Waals surface area contributed by atoms with Crippen LogP contribution in [0.25, 0.3) is 4.96 Å². The molecule has 2 fully saturated rings. The van der Waals surface area contributed by atoms with Crippen LogP contribution in [0.5, 0.6) is 0 Å². The molecule has 4 rings (SSSR count). The maximum Gasteiger partial charge on any atom is 0.317 e. The van der Waals surface area contributed by atoms with E-state index in [9.17, 15) is 9.59 Å². The van der Waals surface area contributed by atoms with Gasteiger partial charge in [0.25, 0.3) is 5.56 Å². The third kappa shape index (κ3) is 2.84. The van der Waals surface area contributed by atoms with Gasteiger partial charge in [0.05, 0.1) is 5.69 Å². The Bertz CT molecular complexity index is 786. The zero-order chi connectivity index (χ0) is 15.8. The number of piperidine rings is 1. The lowest BCUT2D eigenvalue weighted by Crippen LogP contribution is -2.48. The number of hydrogen-bond acceptors (Lipinski definition) is 5. The number of hydrogen-bond donors (Lipinski definition) is 1. The van der Waals surface area contributed by atoms with Crippen LogP contribution in [0.2, 0.25) is 0 Å². The Morgan fingerprint density at radius 2 is 2.26 bits per heavy atom. The van der Waals surface area contributed by atoms with Crippen molar-refractivity contribution in [3.8, 4) is 0 Å². The summed E-state index contributed by atoms with van der Waals surface area (Å²) in [5.74, 6) is 0. The summed E-state index contributed by atoms with van der Waals surface area (Å²) < 4.78 is 1.57. The number of urea groups is 1. The lowest BCUT2D eigenvalue weighted by Gasteiger charge is -2.36. The van der Waals surface area contributed by atoms with E-state index in [1.54, 1.807) is 16.7 Å². The van der Waals surface area contributed by atoms with Gasteiger partial charge in [0, 0.05) is 49.9 Å². The topological polar surface area (TPSA) is 70.0 Å². The molecule has 2 aliphatic heterocycles. The molecule has 2 aromatic rings. The molecule has 1 N–H and O–H groups in total. The minimum absolute atomic E-state index is 0.0290. The predicted molar refractivity (Wildman–Crippen MR) is 87.7 cm³/mol. The van der Waals surface area contributed by atoms with Gasteiger partial charge >= 0.3 is 6.03 Å². The van der Waals surface area contributed by atoms with E-state index in [0.717, 1.165) is 49.7 Å². The van der Waals surface area contributed by atoms with Crippen molar-refractivity contribution >= 4 is 22.3 Å². The third-order valence-corrected chi connectivity index (χ3v) is 5.31. The van der Waals surface area contributed by atoms with Crippen molar-refractivity contribution in [2.45, 2.75) is 25.4 Å². The first-order chi connectivity index (χ1) is 11.2. The van der Waals surface area contributed by atoms with E-state index in [1.807, 2.05) is 10.3 Å². The maximum absolute atomic E-state index is 12.1. The fraction of sp³-hybridized carbons (Fsp3) is 0.533. The van der Waals surface area contributed by atoms with Crippen molar-refractivity contribution in [2.24, 2.45) is 0 Å². The van der Waals surface area contributed by atoms with Gasteiger partial charge in [-0.15, -0.1) is 11.3 Å². The quantitative estimate of drug-likeness (QED) is 0.900. The molecule has 122 valence electrons. The molecule has 1 atom stereocenters. The molecule has 7 nitrogen and oxygen atoms in total. The number of likely N-dealkylation sites (tertiary alicyclic amines) is 1. The molecule has 0 aliphatic carbocycles. The number of carbonyl (C=O) groups is 1. The molecule has 2 aromatic heterocycles. The van der Waals surface area contributed by atoms with Gasteiger partial charge < -0.3 is 10.2 Å². The van der Waals surface area contributed by atoms with Crippen molar-refractivity contribution in [1.82, 2.24) is 24.5 Å². The summed E-state index contributed by atoms with van der Waals surface area (Å²) >= 11 is 1.47. The first-order valence-corrected chi connectivity index (χ1v) is 8.81. The van der Waals surface area contributed by atoms with Gasteiger partial charge in [-0.05, 0) is 19.4 Å². The van der Waals surface area contributed by atoms with Gasteiger partial charge in [0.2, 0.25) is 0 Å². The fourth-order valence-corrected chi connectivity index (χ4v) is 4.20. The summed E-state index contributed by atoms with van der Waals surface area (Å²) in [4.78, 5) is 33.5. The summed E-state index contributed by atoms with van der Waals surface area (Å²) in [6.45, 7) is 4.02. The van der Waals surface area contributed by atoms with E-state index in [0.29, 0.717) is 6.54 Å². The van der Waals surface area contributed by atoms with E-state index in [2.05, 4.69) is 15.2 Å². The molecule has 2 saturated heterocycles. The Kier molecular flexibility index (Phi) is 3.78. The lowest BCUT2D eigenvalue weighted by atomic mass is 10.0. The number of thiazole rings is 1. The highest BCUT2D eigenvalue weighted by molar-refractivity contribution is 7.15. The second kappa shape index (κ2) is 5.93. The third-order valence-electron chi connectivity index (χ3n) is 4.55. The van der Waals surface area contributed by atoms with Gasteiger partial charge in [-0.3, -0.25) is 14.1 Å². The number of nitrogens with one attached hydrogen (secondary N) is 1. The van der Waals surface area contributed by atoms with Crippen LogP contribution in [-0.4, -0.2) is 57.4 Å². The van der Waals surface area contributed by atoms with E-state index in [1.165, 1.54) is 11.3 Å². The van der Waals surface area contributed by atoms with E-state index < -0.39 is 0 Å². The van der Waals surface area contributed by atoms with Crippen molar-refractivity contribution in [3.63, 3.8) is 0 Å². The van der Waals surface area contributed by atoms with Gasteiger partial charge in [-0.25, -0.2) is 9.78 Å². The molecule has 0 radical (unpaired) electrons. The van der Waals surface area contributed by atoms with Crippen LogP contribution in [0.3, 0.4) is 0 Å². The summed E-state index contributed by atoms with van der Waals surface area (Å²) in [6.07, 6.45) is 3.86. The van der Waals surface area contributed by atoms with E-state index in [4.69, 9.17) is 0 Å². The number of nitrogens with zero attached hydrogens (tertiary/aromatic N) is 4. The molecule has 4 heterocycles. The number of rotatable bonds is 3. The van der Waals surface area contributed by atoms with Crippen LogP contribution < -0.4 is 10.9 Å². The molecule has 0 saturated carbocycles. The predicted octanol–water partition coefficient (Wildman–Crippen LogP) is 0.746. The standard InChI is InChI=1S/C15H19N5O2S/c21-13-8-11(17-15-20(13)6-7-23-15)9-18-4-1-2-12(10-18)19-5-3-16-14(19)22/h6-8,12H,1-5,9-10H2,(H,16,22)/t12-/m0/s1. The Morgan fingerprint density at radius 1 is 1.35 bits per heavy atom. The van der Waals surface area contributed by atoms with Crippen LogP contribution in [0.1, 0.15) is 18.5 Å². The minimum atomic E-state index is -0.0290. The highest BCUT2D eigenvalue weighted by Crippen LogP contribution is 2.19. The summed E-state index contributed by atoms with van der Waals surface area (Å²) in [6, 6.07) is 1.93. The van der Waals surface area contributed by atoms with Crippen LogP contribution in [-0.2, 0) is 6.54 Å². The molecule has 0 aromatic carbocycles. The summed E-state index contributed by atoms with van der Waals surface area (Å²) in [7, 11) is 0.